The molecular weight excluding hydrogens is 306 g/mol. The molecule has 3 aromatic heterocycles. The maximum Gasteiger partial charge on any atom is 0.252 e. The normalized spacial score (nSPS) is 10.8. The molecule has 0 aliphatic rings. The second-order valence-electron chi connectivity index (χ2n) is 5.21. The molecule has 1 N–H and O–H groups in total. The van der Waals surface area contributed by atoms with Crippen LogP contribution in [0.2, 0.25) is 0 Å². The molecule has 3 heterocycles. The van der Waals surface area contributed by atoms with Gasteiger partial charge < -0.3 is 14.6 Å². The lowest BCUT2D eigenvalue weighted by atomic mass is 10.2. The molecule has 0 aliphatic carbocycles. The molecule has 0 spiro atoms. The molecule has 24 heavy (non-hydrogen) atoms. The summed E-state index contributed by atoms with van der Waals surface area (Å²) in [4.78, 5) is 25.1. The molecule has 0 saturated heterocycles. The number of hydrogen-bond donors (Lipinski definition) is 1. The fourth-order valence-corrected chi connectivity index (χ4v) is 2.55. The Morgan fingerprint density at radius 2 is 2.17 bits per heavy atom. The van der Waals surface area contributed by atoms with E-state index in [4.69, 9.17) is 4.74 Å². The number of pyridine rings is 2. The second kappa shape index (κ2) is 7.08. The molecule has 3 rings (SSSR count). The van der Waals surface area contributed by atoms with Crippen LogP contribution in [0.15, 0.2) is 36.7 Å². The Kier molecular flexibility index (Phi) is 4.69. The Morgan fingerprint density at radius 3 is 2.88 bits per heavy atom. The Balaban J connectivity index is 1.64. The number of ether oxygens (including phenoxy) is 1. The summed E-state index contributed by atoms with van der Waals surface area (Å²) in [5.41, 5.74) is 2.25. The predicted molar refractivity (Wildman–Crippen MR) is 90.0 cm³/mol. The number of aryl methyl sites for hydroxylation is 1. The third kappa shape index (κ3) is 3.19. The van der Waals surface area contributed by atoms with Crippen molar-refractivity contribution in [1.82, 2.24) is 24.8 Å². The van der Waals surface area contributed by atoms with Crippen LogP contribution in [0.25, 0.3) is 11.2 Å². The van der Waals surface area contributed by atoms with Crippen molar-refractivity contribution in [2.75, 3.05) is 13.7 Å². The van der Waals surface area contributed by atoms with Gasteiger partial charge in [-0.3, -0.25) is 4.79 Å². The van der Waals surface area contributed by atoms with E-state index >= 15 is 0 Å². The van der Waals surface area contributed by atoms with Crippen LogP contribution < -0.4 is 10.1 Å². The molecule has 0 saturated carbocycles. The van der Waals surface area contributed by atoms with Crippen molar-refractivity contribution in [3.8, 4) is 5.88 Å². The van der Waals surface area contributed by atoms with Crippen molar-refractivity contribution in [3.05, 3.63) is 48.0 Å². The number of imidazole rings is 1. The van der Waals surface area contributed by atoms with Gasteiger partial charge in [-0.15, -0.1) is 0 Å². The maximum absolute atomic E-state index is 12.1. The van der Waals surface area contributed by atoms with E-state index in [0.29, 0.717) is 24.4 Å². The molecule has 7 heteroatoms. The van der Waals surface area contributed by atoms with E-state index in [1.807, 2.05) is 12.1 Å². The molecular formula is C17H19N5O2. The third-order valence-electron chi connectivity index (χ3n) is 3.74. The average molecular weight is 325 g/mol. The fourth-order valence-electron chi connectivity index (χ4n) is 2.55. The van der Waals surface area contributed by atoms with Gasteiger partial charge in [0.2, 0.25) is 5.88 Å². The van der Waals surface area contributed by atoms with Gasteiger partial charge in [0, 0.05) is 38.0 Å². The van der Waals surface area contributed by atoms with Crippen LogP contribution in [0, 0.1) is 0 Å². The number of carbonyl (C=O) groups is 1. The minimum absolute atomic E-state index is 0.164. The topological polar surface area (TPSA) is 81.9 Å². The van der Waals surface area contributed by atoms with Crippen LogP contribution >= 0.6 is 0 Å². The second-order valence-corrected chi connectivity index (χ2v) is 5.21. The molecule has 3 aromatic rings. The van der Waals surface area contributed by atoms with Gasteiger partial charge in [-0.25, -0.2) is 15.0 Å². The van der Waals surface area contributed by atoms with E-state index in [0.717, 1.165) is 23.5 Å². The summed E-state index contributed by atoms with van der Waals surface area (Å²) in [6.45, 7) is 3.34. The number of hydrogen-bond acceptors (Lipinski definition) is 5. The predicted octanol–water partition coefficient (Wildman–Crippen LogP) is 1.83. The third-order valence-corrected chi connectivity index (χ3v) is 3.74. The quantitative estimate of drug-likeness (QED) is 0.747. The first-order valence-corrected chi connectivity index (χ1v) is 7.81. The van der Waals surface area contributed by atoms with Crippen LogP contribution in [0.5, 0.6) is 5.88 Å². The minimum Gasteiger partial charge on any atom is -0.481 e. The largest absolute Gasteiger partial charge is 0.481 e. The molecule has 0 unspecified atom stereocenters. The van der Waals surface area contributed by atoms with E-state index in [2.05, 4.69) is 31.8 Å². The van der Waals surface area contributed by atoms with Gasteiger partial charge >= 0.3 is 0 Å². The van der Waals surface area contributed by atoms with Gasteiger partial charge in [0.05, 0.1) is 12.7 Å². The number of amides is 1. The van der Waals surface area contributed by atoms with E-state index in [1.165, 1.54) is 13.3 Å². The fraction of sp³-hybridized carbons (Fsp3) is 0.294. The summed E-state index contributed by atoms with van der Waals surface area (Å²) in [6, 6.07) is 7.17. The zero-order valence-electron chi connectivity index (χ0n) is 13.7. The van der Waals surface area contributed by atoms with Gasteiger partial charge in [-0.05, 0) is 25.1 Å². The number of methoxy groups -OCH3 is 1. The summed E-state index contributed by atoms with van der Waals surface area (Å²) in [6.07, 6.45) is 3.90. The summed E-state index contributed by atoms with van der Waals surface area (Å²) in [7, 11) is 1.54. The van der Waals surface area contributed by atoms with E-state index in [-0.39, 0.29) is 5.91 Å². The highest BCUT2D eigenvalue weighted by Gasteiger charge is 2.11. The van der Waals surface area contributed by atoms with Crippen LogP contribution in [0.1, 0.15) is 23.1 Å². The van der Waals surface area contributed by atoms with Crippen molar-refractivity contribution in [3.63, 3.8) is 0 Å². The van der Waals surface area contributed by atoms with E-state index in [9.17, 15) is 4.79 Å². The maximum atomic E-state index is 12.1. The highest BCUT2D eigenvalue weighted by molar-refractivity contribution is 5.93. The molecule has 0 aliphatic heterocycles. The lowest BCUT2D eigenvalue weighted by Crippen LogP contribution is -2.26. The highest BCUT2D eigenvalue weighted by Crippen LogP contribution is 2.13. The van der Waals surface area contributed by atoms with Crippen LogP contribution in [0.3, 0.4) is 0 Å². The highest BCUT2D eigenvalue weighted by atomic mass is 16.5. The lowest BCUT2D eigenvalue weighted by molar-refractivity contribution is 0.0953. The zero-order chi connectivity index (χ0) is 16.9. The molecule has 0 aromatic carbocycles. The first-order valence-electron chi connectivity index (χ1n) is 7.81. The molecule has 1 amide bonds. The summed E-state index contributed by atoms with van der Waals surface area (Å²) >= 11 is 0. The number of aromatic nitrogens is 4. The molecule has 7 nitrogen and oxygen atoms in total. The first kappa shape index (κ1) is 15.9. The van der Waals surface area contributed by atoms with Crippen LogP contribution in [0.4, 0.5) is 0 Å². The average Bonchev–Trinajstić information content (AvgIpc) is 2.99. The number of carbonyl (C=O) groups excluding carboxylic acids is 1. The van der Waals surface area contributed by atoms with Gasteiger partial charge in [0.1, 0.15) is 11.3 Å². The van der Waals surface area contributed by atoms with Gasteiger partial charge in [0.25, 0.3) is 5.91 Å². The smallest absolute Gasteiger partial charge is 0.252 e. The zero-order valence-corrected chi connectivity index (χ0v) is 13.7. The van der Waals surface area contributed by atoms with Crippen molar-refractivity contribution >= 4 is 17.1 Å². The number of nitrogens with one attached hydrogen (secondary N) is 1. The summed E-state index contributed by atoms with van der Waals surface area (Å²) < 4.78 is 7.05. The van der Waals surface area contributed by atoms with Crippen molar-refractivity contribution in [1.29, 1.82) is 0 Å². The SMILES string of the molecule is CCn1c(CCNC(=O)c2ccc(OC)nc2)nc2cccnc21. The van der Waals surface area contributed by atoms with Gasteiger partial charge in [0.15, 0.2) is 5.65 Å². The number of rotatable bonds is 6. The van der Waals surface area contributed by atoms with Crippen molar-refractivity contribution in [2.24, 2.45) is 0 Å². The van der Waals surface area contributed by atoms with Gasteiger partial charge in [-0.1, -0.05) is 0 Å². The summed E-state index contributed by atoms with van der Waals surface area (Å²) in [5, 5.41) is 2.89. The van der Waals surface area contributed by atoms with Crippen LogP contribution in [-0.2, 0) is 13.0 Å². The minimum atomic E-state index is -0.164. The number of nitrogens with zero attached hydrogens (tertiary/aromatic N) is 4. The lowest BCUT2D eigenvalue weighted by Gasteiger charge is -2.07. The first-order chi connectivity index (χ1) is 11.7. The summed E-state index contributed by atoms with van der Waals surface area (Å²) in [5.74, 6) is 1.23. The van der Waals surface area contributed by atoms with Crippen LogP contribution in [-0.4, -0.2) is 39.1 Å². The molecule has 0 fully saturated rings. The van der Waals surface area contributed by atoms with Crippen molar-refractivity contribution < 1.29 is 9.53 Å². The Labute approximate surface area is 139 Å². The van der Waals surface area contributed by atoms with E-state index in [1.54, 1.807) is 18.3 Å². The number of fused-ring (bicyclic) bond motifs is 1. The molecule has 124 valence electrons. The van der Waals surface area contributed by atoms with E-state index < -0.39 is 0 Å². The standard InChI is InChI=1S/C17H19N5O2/c1-3-22-14(21-13-5-4-9-18-16(13)22)8-10-19-17(23)12-6-7-15(24-2)20-11-12/h4-7,9,11H,3,8,10H2,1-2H3,(H,19,23). The van der Waals surface area contributed by atoms with Crippen molar-refractivity contribution in [2.45, 2.75) is 19.9 Å². The molecule has 0 atom stereocenters. The Hall–Kier alpha value is -2.96. The Morgan fingerprint density at radius 1 is 1.29 bits per heavy atom. The Bertz CT molecular complexity index is 842. The molecule has 0 radical (unpaired) electrons. The monoisotopic (exact) mass is 325 g/mol. The van der Waals surface area contributed by atoms with Gasteiger partial charge in [-0.2, -0.15) is 0 Å². The molecule has 0 bridgehead atoms.